The first-order valence-electron chi connectivity index (χ1n) is 25.2. The van der Waals surface area contributed by atoms with Crippen molar-refractivity contribution in [2.75, 3.05) is 32.8 Å². The summed E-state index contributed by atoms with van der Waals surface area (Å²) in [5.41, 5.74) is 3.81. The molecule has 0 radical (unpaired) electrons. The number of piperidine rings is 1. The molecule has 3 amide bonds. The Morgan fingerprint density at radius 2 is 1.65 bits per heavy atom. The lowest BCUT2D eigenvalue weighted by atomic mass is 9.80. The second kappa shape index (κ2) is 21.8. The van der Waals surface area contributed by atoms with E-state index in [2.05, 4.69) is 27.1 Å². The number of carboxylic acid groups (broad SMARTS) is 1. The summed E-state index contributed by atoms with van der Waals surface area (Å²) in [7, 11) is 2.05. The minimum absolute atomic E-state index is 0.0347. The van der Waals surface area contributed by atoms with E-state index in [0.29, 0.717) is 53.8 Å². The molecule has 9 rings (SSSR count). The van der Waals surface area contributed by atoms with Crippen molar-refractivity contribution >= 4 is 46.9 Å². The van der Waals surface area contributed by atoms with Crippen molar-refractivity contribution in [1.29, 1.82) is 0 Å². The van der Waals surface area contributed by atoms with Crippen molar-refractivity contribution in [3.63, 3.8) is 0 Å². The molecule has 16 heteroatoms. The van der Waals surface area contributed by atoms with Crippen LogP contribution >= 0.6 is 23.2 Å². The Labute approximate surface area is 432 Å². The maximum Gasteiger partial charge on any atom is 0.304 e. The van der Waals surface area contributed by atoms with E-state index in [4.69, 9.17) is 37.7 Å². The average Bonchev–Trinajstić information content (AvgIpc) is 4.18. The smallest absolute Gasteiger partial charge is 0.304 e. The van der Waals surface area contributed by atoms with Crippen LogP contribution in [0.2, 0.25) is 10.0 Å². The second-order valence-electron chi connectivity index (χ2n) is 20.5. The molecule has 3 aliphatic heterocycles. The molecule has 0 spiro atoms. The van der Waals surface area contributed by atoms with Gasteiger partial charge in [-0.15, -0.1) is 0 Å². The summed E-state index contributed by atoms with van der Waals surface area (Å²) >= 11 is 12.8. The number of imidazole rings is 1. The Morgan fingerprint density at radius 1 is 0.917 bits per heavy atom. The zero-order valence-corrected chi connectivity index (χ0v) is 43.1. The van der Waals surface area contributed by atoms with Crippen LogP contribution in [0.15, 0.2) is 97.2 Å². The van der Waals surface area contributed by atoms with Crippen LogP contribution in [0.1, 0.15) is 93.3 Å². The number of amides is 3. The quantitative estimate of drug-likeness (QED) is 0.0823. The van der Waals surface area contributed by atoms with Gasteiger partial charge in [0.05, 0.1) is 49.0 Å². The summed E-state index contributed by atoms with van der Waals surface area (Å²) in [6.07, 6.45) is 7.04. The molecule has 14 nitrogen and oxygen atoms in total. The van der Waals surface area contributed by atoms with Gasteiger partial charge in [0.15, 0.2) is 0 Å². The fraction of sp³-hybridized carbons (Fsp3) is 0.446. The predicted octanol–water partition coefficient (Wildman–Crippen LogP) is 8.76. The molecule has 0 bridgehead atoms. The zero-order chi connectivity index (χ0) is 50.7. The number of carbonyl (C=O) groups is 4. The van der Waals surface area contributed by atoms with Gasteiger partial charge in [0.2, 0.25) is 17.7 Å². The first kappa shape index (κ1) is 51.1. The van der Waals surface area contributed by atoms with E-state index in [0.717, 1.165) is 65.4 Å². The number of likely N-dealkylation sites (tertiary alicyclic amines) is 2. The highest BCUT2D eigenvalue weighted by molar-refractivity contribution is 6.31. The molecular weight excluding hydrogens is 954 g/mol. The van der Waals surface area contributed by atoms with Gasteiger partial charge in [-0.25, -0.2) is 4.98 Å². The molecule has 4 aliphatic rings. The van der Waals surface area contributed by atoms with Crippen LogP contribution in [-0.2, 0) is 56.9 Å². The first-order valence-corrected chi connectivity index (χ1v) is 26.0. The van der Waals surface area contributed by atoms with Crippen LogP contribution in [0.4, 0.5) is 0 Å². The molecule has 380 valence electrons. The van der Waals surface area contributed by atoms with Gasteiger partial charge >= 0.3 is 5.97 Å². The van der Waals surface area contributed by atoms with E-state index in [-0.39, 0.29) is 43.8 Å². The number of benzene rings is 4. The van der Waals surface area contributed by atoms with E-state index >= 15 is 0 Å². The topological polar surface area (TPSA) is 159 Å². The third-order valence-corrected chi connectivity index (χ3v) is 15.6. The number of aromatic nitrogens is 2. The number of hydrogen-bond donors (Lipinski definition) is 3. The van der Waals surface area contributed by atoms with Crippen molar-refractivity contribution in [2.24, 2.45) is 13.0 Å². The van der Waals surface area contributed by atoms with E-state index in [9.17, 15) is 24.3 Å². The zero-order valence-electron chi connectivity index (χ0n) is 41.5. The standard InChI is InChI=1S/C56H65Cl2N7O7/c1-36(59-31-40-14-20-42(58)28-49(40)72-43-21-15-39(16-22-43)47-32-60-50(62(47)4)33-63-25-7-8-26-63)53(69)65-48(34-71-55(65,2)3)52(68)61-56(30-37-12-18-41(57)19-13-37)24-9-27-64(35-56)54(70)46(29-51(66)67)45-23-17-38-10-5-6-11-44(38)45/h5-6,10-16,18-22,28,32,36,45-46,48,59H,7-9,17,23-27,29-31,33-35H2,1-4H3,(H,61,68)(H,66,67)/t36-,45-,46-,48-,56+/m0/s1. The molecule has 72 heavy (non-hydrogen) atoms. The summed E-state index contributed by atoms with van der Waals surface area (Å²) in [5.74, 6) is -0.799. The van der Waals surface area contributed by atoms with E-state index in [1.165, 1.54) is 17.7 Å². The van der Waals surface area contributed by atoms with Gasteiger partial charge < -0.3 is 34.7 Å². The van der Waals surface area contributed by atoms with E-state index in [1.807, 2.05) is 72.9 Å². The number of halogens is 2. The molecule has 5 aromatic rings. The van der Waals surface area contributed by atoms with Gasteiger partial charge in [0.1, 0.15) is 29.1 Å². The fourth-order valence-electron chi connectivity index (χ4n) is 11.3. The number of nitrogens with one attached hydrogen (secondary N) is 2. The SMILES string of the molecule is C[C@H](NCc1ccc(Cl)cc1Oc1ccc(-c2cnc(CN3CCCC3)n2C)cc1)C(=O)N1[C@H](C(=O)N[C@@]2(Cc3ccc(Cl)cc3)CCCN(C(=O)[C@@H](CC(=O)O)[C@H]3CCc4ccccc43)C2)COC1(C)C. The molecule has 5 atom stereocenters. The molecular formula is C56H65Cl2N7O7. The maximum absolute atomic E-state index is 14.9. The molecule has 4 heterocycles. The molecule has 1 aromatic heterocycles. The third kappa shape index (κ3) is 11.4. The van der Waals surface area contributed by atoms with Crippen molar-refractivity contribution in [3.05, 3.63) is 135 Å². The lowest BCUT2D eigenvalue weighted by Gasteiger charge is -2.46. The van der Waals surface area contributed by atoms with E-state index in [1.54, 1.807) is 49.9 Å². The van der Waals surface area contributed by atoms with Crippen molar-refractivity contribution in [3.8, 4) is 22.8 Å². The predicted molar refractivity (Wildman–Crippen MR) is 277 cm³/mol. The number of carbonyl (C=O) groups excluding carboxylic acids is 3. The summed E-state index contributed by atoms with van der Waals surface area (Å²) in [6.45, 7) is 9.16. The highest BCUT2D eigenvalue weighted by atomic mass is 35.5. The lowest BCUT2D eigenvalue weighted by Crippen LogP contribution is -2.65. The molecule has 0 saturated carbocycles. The van der Waals surface area contributed by atoms with Crippen molar-refractivity contribution in [2.45, 2.75) is 114 Å². The third-order valence-electron chi connectivity index (χ3n) is 15.2. The minimum atomic E-state index is -1.12. The number of fused-ring (bicyclic) bond motifs is 1. The molecule has 3 saturated heterocycles. The van der Waals surface area contributed by atoms with Crippen molar-refractivity contribution in [1.82, 2.24) is 34.9 Å². The molecule has 1 aliphatic carbocycles. The minimum Gasteiger partial charge on any atom is -0.481 e. The van der Waals surface area contributed by atoms with Crippen LogP contribution in [0.5, 0.6) is 11.5 Å². The van der Waals surface area contributed by atoms with Gasteiger partial charge in [0, 0.05) is 47.9 Å². The Kier molecular flexibility index (Phi) is 15.5. The Hall–Kier alpha value is -5.77. The second-order valence-corrected chi connectivity index (χ2v) is 21.4. The van der Waals surface area contributed by atoms with Crippen molar-refractivity contribution < 1.29 is 33.8 Å². The monoisotopic (exact) mass is 1020 g/mol. The molecule has 3 fully saturated rings. The van der Waals surface area contributed by atoms with Crippen LogP contribution in [-0.4, -0.2) is 109 Å². The highest BCUT2D eigenvalue weighted by Gasteiger charge is 2.50. The van der Waals surface area contributed by atoms with Gasteiger partial charge in [-0.3, -0.25) is 29.0 Å². The number of carboxylic acids is 1. The van der Waals surface area contributed by atoms with Crippen LogP contribution in [0.3, 0.4) is 0 Å². The maximum atomic E-state index is 14.9. The largest absolute Gasteiger partial charge is 0.481 e. The van der Waals surface area contributed by atoms with Crippen LogP contribution < -0.4 is 15.4 Å². The number of rotatable bonds is 17. The van der Waals surface area contributed by atoms with E-state index < -0.39 is 41.1 Å². The lowest BCUT2D eigenvalue weighted by molar-refractivity contribution is -0.152. The number of aryl methyl sites for hydroxylation is 1. The number of ether oxygens (including phenoxy) is 2. The van der Waals surface area contributed by atoms with Gasteiger partial charge in [-0.2, -0.15) is 0 Å². The Morgan fingerprint density at radius 3 is 2.40 bits per heavy atom. The van der Waals surface area contributed by atoms with Gasteiger partial charge in [-0.05, 0) is 150 Å². The fourth-order valence-corrected chi connectivity index (χ4v) is 11.6. The Bertz CT molecular complexity index is 2780. The van der Waals surface area contributed by atoms with Crippen LogP contribution in [0.25, 0.3) is 11.3 Å². The number of aliphatic carboxylic acids is 1. The highest BCUT2D eigenvalue weighted by Crippen LogP contribution is 2.42. The van der Waals surface area contributed by atoms with Gasteiger partial charge in [-0.1, -0.05) is 65.7 Å². The molecule has 4 aromatic carbocycles. The molecule has 3 N–H and O–H groups in total. The summed E-state index contributed by atoms with van der Waals surface area (Å²) in [5, 5.41) is 17.9. The van der Waals surface area contributed by atoms with Crippen LogP contribution in [0, 0.1) is 5.92 Å². The summed E-state index contributed by atoms with van der Waals surface area (Å²) in [4.78, 5) is 66.9. The number of nitrogens with zero attached hydrogens (tertiary/aromatic N) is 5. The Balaban J connectivity index is 0.888. The summed E-state index contributed by atoms with van der Waals surface area (Å²) in [6, 6.07) is 26.9. The first-order chi connectivity index (χ1) is 34.6. The molecule has 0 unspecified atom stereocenters. The average molecular weight is 1020 g/mol. The summed E-state index contributed by atoms with van der Waals surface area (Å²) < 4.78 is 14.8. The number of hydrogen-bond acceptors (Lipinski definition) is 9. The van der Waals surface area contributed by atoms with Gasteiger partial charge in [0.25, 0.3) is 0 Å². The normalized spacial score (nSPS) is 21.6.